The highest BCUT2D eigenvalue weighted by Gasteiger charge is 2.35. The predicted octanol–water partition coefficient (Wildman–Crippen LogP) is 2.97. The molecule has 5 heteroatoms. The second-order valence-electron chi connectivity index (χ2n) is 5.46. The minimum absolute atomic E-state index is 0.256. The fourth-order valence-electron chi connectivity index (χ4n) is 2.53. The minimum atomic E-state index is -0.877. The molecule has 0 unspecified atom stereocenters. The molecule has 0 radical (unpaired) electrons. The van der Waals surface area contributed by atoms with E-state index in [9.17, 15) is 9.90 Å². The smallest absolute Gasteiger partial charge is 0.306 e. The fourth-order valence-corrected chi connectivity index (χ4v) is 2.98. The first kappa shape index (κ1) is 15.5. The van der Waals surface area contributed by atoms with Crippen LogP contribution in [0.15, 0.2) is 28.7 Å². The first-order chi connectivity index (χ1) is 9.48. The largest absolute Gasteiger partial charge is 0.481 e. The molecule has 0 spiro atoms. The summed E-state index contributed by atoms with van der Waals surface area (Å²) in [6.45, 7) is 0.704. The normalized spacial score (nSPS) is 26.4. The summed E-state index contributed by atoms with van der Waals surface area (Å²) >= 11 is 3.40. The SMILES string of the molecule is O=C(O)C1CCC(O)(COCc2cccc(Br)c2)CC1. The Morgan fingerprint density at radius 2 is 2.10 bits per heavy atom. The van der Waals surface area contributed by atoms with E-state index in [-0.39, 0.29) is 12.5 Å². The molecule has 0 atom stereocenters. The van der Waals surface area contributed by atoms with Gasteiger partial charge in [0, 0.05) is 4.47 Å². The predicted molar refractivity (Wildman–Crippen MR) is 78.3 cm³/mol. The zero-order chi connectivity index (χ0) is 14.6. The van der Waals surface area contributed by atoms with Gasteiger partial charge in [0.1, 0.15) is 0 Å². The van der Waals surface area contributed by atoms with Crippen LogP contribution in [-0.4, -0.2) is 28.4 Å². The fraction of sp³-hybridized carbons (Fsp3) is 0.533. The molecule has 1 saturated carbocycles. The summed E-state index contributed by atoms with van der Waals surface area (Å²) in [6.07, 6.45) is 2.02. The van der Waals surface area contributed by atoms with E-state index in [0.29, 0.717) is 32.3 Å². The second kappa shape index (κ2) is 6.70. The van der Waals surface area contributed by atoms with Crippen LogP contribution < -0.4 is 0 Å². The van der Waals surface area contributed by atoms with Crippen molar-refractivity contribution in [3.63, 3.8) is 0 Å². The van der Waals surface area contributed by atoms with E-state index in [4.69, 9.17) is 9.84 Å². The molecular weight excluding hydrogens is 324 g/mol. The van der Waals surface area contributed by atoms with Gasteiger partial charge in [-0.3, -0.25) is 4.79 Å². The third kappa shape index (κ3) is 4.30. The Hall–Kier alpha value is -0.910. The molecule has 1 aliphatic rings. The van der Waals surface area contributed by atoms with Gasteiger partial charge in [-0.05, 0) is 43.4 Å². The number of halogens is 1. The van der Waals surface area contributed by atoms with Crippen LogP contribution in [0.3, 0.4) is 0 Å². The van der Waals surface area contributed by atoms with Crippen LogP contribution in [0.2, 0.25) is 0 Å². The van der Waals surface area contributed by atoms with Crippen molar-refractivity contribution in [1.82, 2.24) is 0 Å². The average Bonchev–Trinajstić information content (AvgIpc) is 2.39. The summed E-state index contributed by atoms with van der Waals surface area (Å²) in [4.78, 5) is 10.9. The van der Waals surface area contributed by atoms with Crippen molar-refractivity contribution in [2.75, 3.05) is 6.61 Å². The van der Waals surface area contributed by atoms with E-state index in [1.807, 2.05) is 24.3 Å². The average molecular weight is 343 g/mol. The molecule has 2 N–H and O–H groups in total. The van der Waals surface area contributed by atoms with Crippen molar-refractivity contribution in [3.8, 4) is 0 Å². The summed E-state index contributed by atoms with van der Waals surface area (Å²) in [5, 5.41) is 19.3. The van der Waals surface area contributed by atoms with E-state index in [0.717, 1.165) is 10.0 Å². The summed E-state index contributed by atoms with van der Waals surface area (Å²) in [6, 6.07) is 7.83. The van der Waals surface area contributed by atoms with Crippen LogP contribution in [-0.2, 0) is 16.1 Å². The Balaban J connectivity index is 1.78. The van der Waals surface area contributed by atoms with Gasteiger partial charge in [-0.15, -0.1) is 0 Å². The number of aliphatic carboxylic acids is 1. The van der Waals surface area contributed by atoms with Gasteiger partial charge in [-0.2, -0.15) is 0 Å². The lowest BCUT2D eigenvalue weighted by atomic mass is 9.79. The van der Waals surface area contributed by atoms with Gasteiger partial charge in [0.2, 0.25) is 0 Å². The van der Waals surface area contributed by atoms with Crippen LogP contribution in [0, 0.1) is 5.92 Å². The molecule has 1 fully saturated rings. The van der Waals surface area contributed by atoms with Gasteiger partial charge >= 0.3 is 5.97 Å². The second-order valence-corrected chi connectivity index (χ2v) is 6.38. The Kier molecular flexibility index (Phi) is 5.18. The Bertz CT molecular complexity index is 467. The van der Waals surface area contributed by atoms with E-state index in [1.54, 1.807) is 0 Å². The molecule has 0 aromatic heterocycles. The molecule has 0 bridgehead atoms. The van der Waals surface area contributed by atoms with Gasteiger partial charge in [-0.1, -0.05) is 28.1 Å². The maximum atomic E-state index is 10.9. The van der Waals surface area contributed by atoms with Gasteiger partial charge in [-0.25, -0.2) is 0 Å². The van der Waals surface area contributed by atoms with Crippen molar-refractivity contribution < 1.29 is 19.7 Å². The highest BCUT2D eigenvalue weighted by molar-refractivity contribution is 9.10. The van der Waals surface area contributed by atoms with E-state index in [1.165, 1.54) is 0 Å². The van der Waals surface area contributed by atoms with Crippen molar-refractivity contribution in [1.29, 1.82) is 0 Å². The Morgan fingerprint density at radius 3 is 2.70 bits per heavy atom. The molecule has 0 amide bonds. The number of carbonyl (C=O) groups is 1. The zero-order valence-electron chi connectivity index (χ0n) is 11.2. The maximum absolute atomic E-state index is 10.9. The Morgan fingerprint density at radius 1 is 1.40 bits per heavy atom. The van der Waals surface area contributed by atoms with E-state index in [2.05, 4.69) is 15.9 Å². The first-order valence-corrected chi connectivity index (χ1v) is 7.55. The van der Waals surface area contributed by atoms with Crippen LogP contribution in [0.25, 0.3) is 0 Å². The van der Waals surface area contributed by atoms with Gasteiger partial charge in [0.15, 0.2) is 0 Å². The first-order valence-electron chi connectivity index (χ1n) is 6.76. The molecule has 4 nitrogen and oxygen atoms in total. The molecule has 1 aromatic carbocycles. The van der Waals surface area contributed by atoms with Gasteiger partial charge in [0.25, 0.3) is 0 Å². The highest BCUT2D eigenvalue weighted by Crippen LogP contribution is 2.32. The molecule has 1 aliphatic carbocycles. The van der Waals surface area contributed by atoms with Gasteiger partial charge in [0.05, 0.1) is 24.7 Å². The third-order valence-corrected chi connectivity index (χ3v) is 4.29. The number of benzene rings is 1. The number of hydrogen-bond acceptors (Lipinski definition) is 3. The molecule has 110 valence electrons. The van der Waals surface area contributed by atoms with Crippen molar-refractivity contribution in [3.05, 3.63) is 34.3 Å². The molecule has 20 heavy (non-hydrogen) atoms. The summed E-state index contributed by atoms with van der Waals surface area (Å²) in [7, 11) is 0. The number of rotatable bonds is 5. The van der Waals surface area contributed by atoms with Crippen molar-refractivity contribution in [2.45, 2.75) is 37.9 Å². The minimum Gasteiger partial charge on any atom is -0.481 e. The quantitative estimate of drug-likeness (QED) is 0.863. The molecule has 0 aliphatic heterocycles. The lowest BCUT2D eigenvalue weighted by Gasteiger charge is -2.34. The number of ether oxygens (including phenoxy) is 1. The zero-order valence-corrected chi connectivity index (χ0v) is 12.8. The van der Waals surface area contributed by atoms with E-state index < -0.39 is 11.6 Å². The van der Waals surface area contributed by atoms with E-state index >= 15 is 0 Å². The number of hydrogen-bond donors (Lipinski definition) is 2. The molecule has 1 aromatic rings. The van der Waals surface area contributed by atoms with Crippen LogP contribution in [0.4, 0.5) is 0 Å². The lowest BCUT2D eigenvalue weighted by molar-refractivity contribution is -0.146. The highest BCUT2D eigenvalue weighted by atomic mass is 79.9. The standard InChI is InChI=1S/C15H19BrO4/c16-13-3-1-2-11(8-13)9-20-10-15(19)6-4-12(5-7-15)14(17)18/h1-3,8,12,19H,4-7,9-10H2,(H,17,18). The maximum Gasteiger partial charge on any atom is 0.306 e. The number of aliphatic hydroxyl groups is 1. The number of carboxylic acids is 1. The molecular formula is C15H19BrO4. The van der Waals surface area contributed by atoms with Crippen molar-refractivity contribution in [2.24, 2.45) is 5.92 Å². The van der Waals surface area contributed by atoms with Gasteiger partial charge < -0.3 is 14.9 Å². The lowest BCUT2D eigenvalue weighted by Crippen LogP contribution is -2.40. The van der Waals surface area contributed by atoms with Crippen LogP contribution >= 0.6 is 15.9 Å². The summed E-state index contributed by atoms with van der Waals surface area (Å²) < 4.78 is 6.59. The third-order valence-electron chi connectivity index (χ3n) is 3.79. The summed E-state index contributed by atoms with van der Waals surface area (Å²) in [5.41, 5.74) is 0.167. The topological polar surface area (TPSA) is 66.8 Å². The van der Waals surface area contributed by atoms with Crippen LogP contribution in [0.1, 0.15) is 31.2 Å². The monoisotopic (exact) mass is 342 g/mol. The number of carboxylic acid groups (broad SMARTS) is 1. The van der Waals surface area contributed by atoms with Crippen molar-refractivity contribution >= 4 is 21.9 Å². The van der Waals surface area contributed by atoms with Crippen LogP contribution in [0.5, 0.6) is 0 Å². The summed E-state index contributed by atoms with van der Waals surface area (Å²) in [5.74, 6) is -1.08. The Labute approximate surface area is 126 Å². The molecule has 0 saturated heterocycles. The molecule has 2 rings (SSSR count). The molecule has 0 heterocycles.